The van der Waals surface area contributed by atoms with Crippen LogP contribution in [0.1, 0.15) is 5.69 Å². The Bertz CT molecular complexity index is 250. The topological polar surface area (TPSA) is 77.8 Å². The first-order valence-corrected chi connectivity index (χ1v) is 4.29. The highest BCUT2D eigenvalue weighted by atomic mass is 127. The van der Waals surface area contributed by atoms with E-state index < -0.39 is 0 Å². The molecule has 0 aliphatic heterocycles. The van der Waals surface area contributed by atoms with Gasteiger partial charge in [0.1, 0.15) is 3.70 Å². The van der Waals surface area contributed by atoms with Gasteiger partial charge in [0.15, 0.2) is 0 Å². The number of hydrogen-bond donors (Lipinski definition) is 2. The zero-order chi connectivity index (χ0) is 8.27. The Balaban J connectivity index is 2.86. The van der Waals surface area contributed by atoms with Crippen LogP contribution in [-0.4, -0.2) is 16.7 Å². The standard InChI is InChI=1S/C6H9IN4/c7-6-5(9)3-4(1-2-8)10-11-6/h3H,1-2,8H2,(H2,9,10). The van der Waals surface area contributed by atoms with Crippen molar-refractivity contribution >= 4 is 28.3 Å². The van der Waals surface area contributed by atoms with Crippen LogP contribution in [0.4, 0.5) is 5.69 Å². The first-order chi connectivity index (χ1) is 5.24. The molecule has 0 fully saturated rings. The van der Waals surface area contributed by atoms with E-state index in [2.05, 4.69) is 10.2 Å². The quantitative estimate of drug-likeness (QED) is 0.746. The molecule has 0 saturated carbocycles. The molecule has 1 heterocycles. The van der Waals surface area contributed by atoms with E-state index in [1.807, 2.05) is 28.7 Å². The molecule has 0 aliphatic carbocycles. The SMILES string of the molecule is NCCc1cc(N)c(I)nn1. The predicted molar refractivity (Wildman–Crippen MR) is 51.9 cm³/mol. The average Bonchev–Trinajstić information content (AvgIpc) is 1.98. The zero-order valence-corrected chi connectivity index (χ0v) is 8.08. The number of halogens is 1. The summed E-state index contributed by atoms with van der Waals surface area (Å²) in [6, 6.07) is 1.81. The van der Waals surface area contributed by atoms with Crippen LogP contribution in [0.15, 0.2) is 6.07 Å². The van der Waals surface area contributed by atoms with Crippen molar-refractivity contribution in [3.63, 3.8) is 0 Å². The fourth-order valence-electron chi connectivity index (χ4n) is 0.704. The van der Waals surface area contributed by atoms with E-state index in [9.17, 15) is 0 Å². The van der Waals surface area contributed by atoms with Crippen molar-refractivity contribution < 1.29 is 0 Å². The van der Waals surface area contributed by atoms with Crippen molar-refractivity contribution in [1.29, 1.82) is 0 Å². The number of nitrogens with zero attached hydrogens (tertiary/aromatic N) is 2. The second-order valence-corrected chi connectivity index (χ2v) is 3.14. The van der Waals surface area contributed by atoms with Gasteiger partial charge >= 0.3 is 0 Å². The van der Waals surface area contributed by atoms with Crippen LogP contribution in [0.5, 0.6) is 0 Å². The van der Waals surface area contributed by atoms with Crippen molar-refractivity contribution in [2.75, 3.05) is 12.3 Å². The van der Waals surface area contributed by atoms with E-state index in [0.29, 0.717) is 12.2 Å². The van der Waals surface area contributed by atoms with E-state index >= 15 is 0 Å². The Morgan fingerprint density at radius 1 is 1.45 bits per heavy atom. The third-order valence-electron chi connectivity index (χ3n) is 1.23. The minimum absolute atomic E-state index is 0.578. The second kappa shape index (κ2) is 3.82. The lowest BCUT2D eigenvalue weighted by Crippen LogP contribution is -2.07. The zero-order valence-electron chi connectivity index (χ0n) is 5.92. The summed E-state index contributed by atoms with van der Waals surface area (Å²) in [5, 5.41) is 7.76. The van der Waals surface area contributed by atoms with Crippen LogP contribution < -0.4 is 11.5 Å². The number of nitrogens with two attached hydrogens (primary N) is 2. The van der Waals surface area contributed by atoms with E-state index in [0.717, 1.165) is 15.8 Å². The third-order valence-corrected chi connectivity index (χ3v) is 2.07. The molecule has 4 N–H and O–H groups in total. The van der Waals surface area contributed by atoms with Crippen molar-refractivity contribution in [3.8, 4) is 0 Å². The van der Waals surface area contributed by atoms with E-state index in [1.165, 1.54) is 0 Å². The molecule has 0 atom stereocenters. The Hall–Kier alpha value is -0.430. The van der Waals surface area contributed by atoms with Gasteiger partial charge in [0, 0.05) is 6.42 Å². The first-order valence-electron chi connectivity index (χ1n) is 3.21. The molecular weight excluding hydrogens is 255 g/mol. The van der Waals surface area contributed by atoms with Crippen LogP contribution in [0.25, 0.3) is 0 Å². The van der Waals surface area contributed by atoms with Crippen molar-refractivity contribution in [1.82, 2.24) is 10.2 Å². The van der Waals surface area contributed by atoms with Crippen LogP contribution in [0, 0.1) is 3.70 Å². The normalized spacial score (nSPS) is 10.0. The summed E-state index contributed by atoms with van der Waals surface area (Å²) in [7, 11) is 0. The monoisotopic (exact) mass is 264 g/mol. The number of rotatable bonds is 2. The molecule has 0 amide bonds. The summed E-state index contributed by atoms with van der Waals surface area (Å²) in [5.41, 5.74) is 12.5. The Labute approximate surface area is 78.5 Å². The Morgan fingerprint density at radius 2 is 2.18 bits per heavy atom. The largest absolute Gasteiger partial charge is 0.396 e. The van der Waals surface area contributed by atoms with Crippen LogP contribution in [-0.2, 0) is 6.42 Å². The summed E-state index contributed by atoms with van der Waals surface area (Å²) >= 11 is 2.04. The molecule has 1 aromatic heterocycles. The molecule has 5 heteroatoms. The van der Waals surface area contributed by atoms with Crippen molar-refractivity contribution in [2.45, 2.75) is 6.42 Å². The van der Waals surface area contributed by atoms with Crippen molar-refractivity contribution in [2.24, 2.45) is 5.73 Å². The highest BCUT2D eigenvalue weighted by Crippen LogP contribution is 2.10. The van der Waals surface area contributed by atoms with Gasteiger partial charge in [-0.15, -0.1) is 5.10 Å². The maximum atomic E-state index is 5.60. The molecule has 0 unspecified atom stereocenters. The number of anilines is 1. The first kappa shape index (κ1) is 8.66. The van der Waals surface area contributed by atoms with Gasteiger partial charge in [-0.2, -0.15) is 5.10 Å². The van der Waals surface area contributed by atoms with E-state index in [4.69, 9.17) is 11.5 Å². The summed E-state index contributed by atoms with van der Waals surface area (Å²) in [4.78, 5) is 0. The predicted octanol–water partition coefficient (Wildman–Crippen LogP) is 0.165. The number of aromatic nitrogens is 2. The summed E-state index contributed by atoms with van der Waals surface area (Å²) in [6.07, 6.45) is 0.730. The van der Waals surface area contributed by atoms with Gasteiger partial charge in [-0.1, -0.05) is 0 Å². The van der Waals surface area contributed by atoms with E-state index in [-0.39, 0.29) is 0 Å². The highest BCUT2D eigenvalue weighted by Gasteiger charge is 1.99. The fourth-order valence-corrected chi connectivity index (χ4v) is 0.967. The number of hydrogen-bond acceptors (Lipinski definition) is 4. The lowest BCUT2D eigenvalue weighted by Gasteiger charge is -1.99. The van der Waals surface area contributed by atoms with Gasteiger partial charge in [-0.25, -0.2) is 0 Å². The van der Waals surface area contributed by atoms with Crippen LogP contribution in [0.2, 0.25) is 0 Å². The molecule has 0 bridgehead atoms. The molecule has 60 valence electrons. The molecule has 0 spiro atoms. The lowest BCUT2D eigenvalue weighted by atomic mass is 10.3. The summed E-state index contributed by atoms with van der Waals surface area (Å²) in [5.74, 6) is 0. The maximum absolute atomic E-state index is 5.60. The minimum atomic E-state index is 0.578. The Kier molecular flexibility index (Phi) is 3.01. The van der Waals surface area contributed by atoms with E-state index in [1.54, 1.807) is 0 Å². The molecule has 0 aromatic carbocycles. The summed E-state index contributed by atoms with van der Waals surface area (Å²) in [6.45, 7) is 0.578. The highest BCUT2D eigenvalue weighted by molar-refractivity contribution is 14.1. The van der Waals surface area contributed by atoms with Gasteiger partial charge in [0.05, 0.1) is 11.4 Å². The van der Waals surface area contributed by atoms with Gasteiger partial charge in [0.25, 0.3) is 0 Å². The van der Waals surface area contributed by atoms with Crippen LogP contribution in [0.3, 0.4) is 0 Å². The molecule has 0 saturated heterocycles. The van der Waals surface area contributed by atoms with Gasteiger partial charge in [0.2, 0.25) is 0 Å². The molecule has 11 heavy (non-hydrogen) atoms. The third kappa shape index (κ3) is 2.26. The Morgan fingerprint density at radius 3 is 2.73 bits per heavy atom. The molecule has 1 aromatic rings. The maximum Gasteiger partial charge on any atom is 0.146 e. The van der Waals surface area contributed by atoms with Gasteiger partial charge in [-0.05, 0) is 35.2 Å². The molecule has 0 radical (unpaired) electrons. The fraction of sp³-hybridized carbons (Fsp3) is 0.333. The van der Waals surface area contributed by atoms with Gasteiger partial charge in [-0.3, -0.25) is 0 Å². The molecular formula is C6H9IN4. The second-order valence-electron chi connectivity index (χ2n) is 2.12. The smallest absolute Gasteiger partial charge is 0.146 e. The van der Waals surface area contributed by atoms with Gasteiger partial charge < -0.3 is 11.5 Å². The molecule has 4 nitrogen and oxygen atoms in total. The average molecular weight is 264 g/mol. The summed E-state index contributed by atoms with van der Waals surface area (Å²) < 4.78 is 0.739. The number of nitrogen functional groups attached to an aromatic ring is 1. The van der Waals surface area contributed by atoms with Crippen LogP contribution >= 0.6 is 22.6 Å². The van der Waals surface area contributed by atoms with Crippen molar-refractivity contribution in [3.05, 3.63) is 15.5 Å². The molecule has 1 rings (SSSR count). The lowest BCUT2D eigenvalue weighted by molar-refractivity contribution is 0.859. The minimum Gasteiger partial charge on any atom is -0.396 e. The molecule has 0 aliphatic rings.